The highest BCUT2D eigenvalue weighted by Gasteiger charge is 2.11. The summed E-state index contributed by atoms with van der Waals surface area (Å²) in [5, 5.41) is 0.0501. The van der Waals surface area contributed by atoms with Gasteiger partial charge in [-0.15, -0.1) is 0 Å². The van der Waals surface area contributed by atoms with Crippen molar-refractivity contribution in [2.75, 3.05) is 0 Å². The normalized spacial score (nSPS) is 10.5. The molecule has 0 aromatic heterocycles. The van der Waals surface area contributed by atoms with Crippen LogP contribution in [0.1, 0.15) is 28.4 Å². The fraction of sp³-hybridized carbons (Fsp3) is 0.188. The number of benzene rings is 2. The van der Waals surface area contributed by atoms with Crippen LogP contribution in [0.4, 0.5) is 4.39 Å². The maximum absolute atomic E-state index is 13.1. The monoisotopic (exact) mass is 276 g/mol. The minimum atomic E-state index is -0.466. The van der Waals surface area contributed by atoms with Crippen LogP contribution in [0.2, 0.25) is 5.02 Å². The number of ketones is 1. The van der Waals surface area contributed by atoms with Gasteiger partial charge in [-0.1, -0.05) is 48.9 Å². The SMILES string of the molecule is CCc1ccccc1C(=O)Cc1ccc(F)c(Cl)c1. The summed E-state index contributed by atoms with van der Waals surface area (Å²) in [6.45, 7) is 2.01. The minimum absolute atomic E-state index is 0.0279. The van der Waals surface area contributed by atoms with Gasteiger partial charge in [0.25, 0.3) is 0 Å². The summed E-state index contributed by atoms with van der Waals surface area (Å²) >= 11 is 5.72. The Hall–Kier alpha value is -1.67. The van der Waals surface area contributed by atoms with Gasteiger partial charge in [0.05, 0.1) is 5.02 Å². The molecule has 1 nitrogen and oxygen atoms in total. The number of hydrogen-bond donors (Lipinski definition) is 0. The Kier molecular flexibility index (Phi) is 4.33. The van der Waals surface area contributed by atoms with E-state index in [1.807, 2.05) is 31.2 Å². The third kappa shape index (κ3) is 3.21. The summed E-state index contributed by atoms with van der Waals surface area (Å²) in [6.07, 6.45) is 1.04. The van der Waals surface area contributed by atoms with Gasteiger partial charge in [-0.3, -0.25) is 4.79 Å². The minimum Gasteiger partial charge on any atom is -0.294 e. The second kappa shape index (κ2) is 5.98. The molecule has 0 unspecified atom stereocenters. The zero-order valence-electron chi connectivity index (χ0n) is 10.6. The Bertz CT molecular complexity index is 607. The summed E-state index contributed by atoms with van der Waals surface area (Å²) < 4.78 is 13.1. The van der Waals surface area contributed by atoms with Gasteiger partial charge in [-0.2, -0.15) is 0 Å². The fourth-order valence-corrected chi connectivity index (χ4v) is 2.23. The van der Waals surface area contributed by atoms with E-state index in [1.54, 1.807) is 6.07 Å². The Morgan fingerprint density at radius 3 is 2.63 bits per heavy atom. The third-order valence-electron chi connectivity index (χ3n) is 3.05. The van der Waals surface area contributed by atoms with Crippen molar-refractivity contribution in [2.24, 2.45) is 0 Å². The molecule has 3 heteroatoms. The summed E-state index contributed by atoms with van der Waals surface area (Å²) in [5.74, 6) is -0.438. The summed E-state index contributed by atoms with van der Waals surface area (Å²) in [6, 6.07) is 11.9. The van der Waals surface area contributed by atoms with E-state index >= 15 is 0 Å². The van der Waals surface area contributed by atoms with Crippen LogP contribution in [0.3, 0.4) is 0 Å². The van der Waals surface area contributed by atoms with Crippen molar-refractivity contribution in [1.29, 1.82) is 0 Å². The summed E-state index contributed by atoms with van der Waals surface area (Å²) in [4.78, 5) is 12.3. The van der Waals surface area contributed by atoms with E-state index in [-0.39, 0.29) is 17.2 Å². The molecule has 2 rings (SSSR count). The lowest BCUT2D eigenvalue weighted by molar-refractivity contribution is 0.0992. The standard InChI is InChI=1S/C16H14ClFO/c1-2-12-5-3-4-6-13(12)16(19)10-11-7-8-15(18)14(17)9-11/h3-9H,2,10H2,1H3. The number of halogens is 2. The number of carbonyl (C=O) groups excluding carboxylic acids is 1. The van der Waals surface area contributed by atoms with Gasteiger partial charge in [-0.25, -0.2) is 4.39 Å². The van der Waals surface area contributed by atoms with Crippen molar-refractivity contribution >= 4 is 17.4 Å². The maximum atomic E-state index is 13.1. The molecule has 0 spiro atoms. The smallest absolute Gasteiger partial charge is 0.167 e. The van der Waals surface area contributed by atoms with E-state index in [4.69, 9.17) is 11.6 Å². The van der Waals surface area contributed by atoms with Crippen LogP contribution in [0, 0.1) is 5.82 Å². The van der Waals surface area contributed by atoms with Crippen LogP contribution in [0.25, 0.3) is 0 Å². The first-order valence-corrected chi connectivity index (χ1v) is 6.54. The molecule has 0 aliphatic rings. The lowest BCUT2D eigenvalue weighted by Gasteiger charge is -2.07. The van der Waals surface area contributed by atoms with Crippen molar-refractivity contribution in [3.8, 4) is 0 Å². The van der Waals surface area contributed by atoms with Crippen LogP contribution < -0.4 is 0 Å². The zero-order chi connectivity index (χ0) is 13.8. The first-order chi connectivity index (χ1) is 9.11. The second-order valence-corrected chi connectivity index (χ2v) is 4.77. The van der Waals surface area contributed by atoms with Crippen LogP contribution in [-0.4, -0.2) is 5.78 Å². The topological polar surface area (TPSA) is 17.1 Å². The molecule has 0 saturated heterocycles. The van der Waals surface area contributed by atoms with Gasteiger partial charge in [0.15, 0.2) is 5.78 Å². The Balaban J connectivity index is 2.23. The van der Waals surface area contributed by atoms with Crippen molar-refractivity contribution < 1.29 is 9.18 Å². The van der Waals surface area contributed by atoms with Gasteiger partial charge in [0.1, 0.15) is 5.82 Å². The highest BCUT2D eigenvalue weighted by Crippen LogP contribution is 2.18. The molecule has 0 radical (unpaired) electrons. The van der Waals surface area contributed by atoms with Gasteiger partial charge in [0.2, 0.25) is 0 Å². The molecule has 0 heterocycles. The average Bonchev–Trinajstić information content (AvgIpc) is 2.43. The number of aryl methyl sites for hydroxylation is 1. The zero-order valence-corrected chi connectivity index (χ0v) is 11.4. The van der Waals surface area contributed by atoms with Crippen LogP contribution in [-0.2, 0) is 12.8 Å². The lowest BCUT2D eigenvalue weighted by Crippen LogP contribution is -2.06. The number of carbonyl (C=O) groups is 1. The number of rotatable bonds is 4. The van der Waals surface area contributed by atoms with Gasteiger partial charge >= 0.3 is 0 Å². The van der Waals surface area contributed by atoms with Crippen LogP contribution in [0.15, 0.2) is 42.5 Å². The Labute approximate surface area is 117 Å². The number of Topliss-reactive ketones (excluding diaryl/α,β-unsaturated/α-hetero) is 1. The molecule has 0 amide bonds. The van der Waals surface area contributed by atoms with E-state index in [9.17, 15) is 9.18 Å². The molecule has 0 atom stereocenters. The molecule has 0 aliphatic heterocycles. The largest absolute Gasteiger partial charge is 0.294 e. The molecular formula is C16H14ClFO. The van der Waals surface area contributed by atoms with Crippen molar-refractivity contribution in [2.45, 2.75) is 19.8 Å². The Morgan fingerprint density at radius 1 is 1.21 bits per heavy atom. The predicted molar refractivity (Wildman–Crippen MR) is 75.3 cm³/mol. The summed E-state index contributed by atoms with van der Waals surface area (Å²) in [5.41, 5.74) is 2.48. The predicted octanol–water partition coefficient (Wildman–Crippen LogP) is 4.47. The van der Waals surface area contributed by atoms with Crippen molar-refractivity contribution in [3.63, 3.8) is 0 Å². The van der Waals surface area contributed by atoms with E-state index in [1.165, 1.54) is 12.1 Å². The van der Waals surface area contributed by atoms with Crippen molar-refractivity contribution in [3.05, 3.63) is 70.0 Å². The molecule has 19 heavy (non-hydrogen) atoms. The van der Waals surface area contributed by atoms with Crippen molar-refractivity contribution in [1.82, 2.24) is 0 Å². The molecule has 2 aromatic rings. The first-order valence-electron chi connectivity index (χ1n) is 6.17. The van der Waals surface area contributed by atoms with Gasteiger partial charge < -0.3 is 0 Å². The molecule has 0 saturated carbocycles. The molecule has 0 N–H and O–H groups in total. The molecule has 2 aromatic carbocycles. The highest BCUT2D eigenvalue weighted by molar-refractivity contribution is 6.30. The van der Waals surface area contributed by atoms with E-state index in [2.05, 4.69) is 0 Å². The number of hydrogen-bond acceptors (Lipinski definition) is 1. The summed E-state index contributed by atoms with van der Waals surface area (Å²) in [7, 11) is 0. The first kappa shape index (κ1) is 13.8. The highest BCUT2D eigenvalue weighted by atomic mass is 35.5. The van der Waals surface area contributed by atoms with Crippen LogP contribution in [0.5, 0.6) is 0 Å². The van der Waals surface area contributed by atoms with E-state index in [0.29, 0.717) is 0 Å². The third-order valence-corrected chi connectivity index (χ3v) is 3.34. The van der Waals surface area contributed by atoms with E-state index < -0.39 is 5.82 Å². The molecule has 0 bridgehead atoms. The maximum Gasteiger partial charge on any atom is 0.167 e. The second-order valence-electron chi connectivity index (χ2n) is 4.36. The van der Waals surface area contributed by atoms with Gasteiger partial charge in [-0.05, 0) is 29.7 Å². The molecule has 98 valence electrons. The Morgan fingerprint density at radius 2 is 1.95 bits per heavy atom. The molecule has 0 fully saturated rings. The van der Waals surface area contributed by atoms with Gasteiger partial charge in [0, 0.05) is 12.0 Å². The average molecular weight is 277 g/mol. The van der Waals surface area contributed by atoms with E-state index in [0.717, 1.165) is 23.1 Å². The molecule has 0 aliphatic carbocycles. The fourth-order valence-electron chi connectivity index (χ4n) is 2.03. The van der Waals surface area contributed by atoms with Crippen LogP contribution >= 0.6 is 11.6 Å². The lowest BCUT2D eigenvalue weighted by atomic mass is 9.97. The molecular weight excluding hydrogens is 263 g/mol. The quantitative estimate of drug-likeness (QED) is 0.753.